The topological polar surface area (TPSA) is 40.6 Å². The van der Waals surface area contributed by atoms with Crippen LogP contribution in [-0.2, 0) is 4.79 Å². The van der Waals surface area contributed by atoms with Crippen molar-refractivity contribution in [2.24, 2.45) is 11.3 Å². The van der Waals surface area contributed by atoms with Crippen molar-refractivity contribution in [2.45, 2.75) is 53.2 Å². The van der Waals surface area contributed by atoms with Gasteiger partial charge in [-0.1, -0.05) is 52.8 Å². The number of hydrogen-bond acceptors (Lipinski definition) is 2. The van der Waals surface area contributed by atoms with Crippen molar-refractivity contribution in [1.82, 2.24) is 9.80 Å². The van der Waals surface area contributed by atoms with E-state index in [-0.39, 0.29) is 29.3 Å². The summed E-state index contributed by atoms with van der Waals surface area (Å²) in [4.78, 5) is 29.8. The van der Waals surface area contributed by atoms with Gasteiger partial charge in [-0.3, -0.25) is 9.59 Å². The van der Waals surface area contributed by atoms with Gasteiger partial charge in [0.05, 0.1) is 0 Å². The fraction of sp³-hybridized carbons (Fsp3) is 0.579. The fourth-order valence-electron chi connectivity index (χ4n) is 3.53. The predicted molar refractivity (Wildman–Crippen MR) is 91.9 cm³/mol. The first-order valence-electron chi connectivity index (χ1n) is 8.19. The number of carbonyl (C=O) groups is 2. The smallest absolute Gasteiger partial charge is 0.256 e. The zero-order chi connectivity index (χ0) is 17.6. The van der Waals surface area contributed by atoms with Crippen LogP contribution in [0.5, 0.6) is 0 Å². The van der Waals surface area contributed by atoms with Crippen LogP contribution in [0.1, 0.15) is 51.9 Å². The number of hydrogen-bond donors (Lipinski definition) is 0. The minimum Gasteiger partial charge on any atom is -0.323 e. The van der Waals surface area contributed by atoms with Gasteiger partial charge >= 0.3 is 0 Å². The van der Waals surface area contributed by atoms with Gasteiger partial charge in [0.15, 0.2) is 0 Å². The third-order valence-electron chi connectivity index (χ3n) is 5.00. The highest BCUT2D eigenvalue weighted by Crippen LogP contribution is 2.43. The van der Waals surface area contributed by atoms with Crippen molar-refractivity contribution in [2.75, 3.05) is 7.05 Å². The summed E-state index contributed by atoms with van der Waals surface area (Å²) in [6.45, 7) is 12.1. The summed E-state index contributed by atoms with van der Waals surface area (Å²) in [5, 5.41) is 0. The van der Waals surface area contributed by atoms with Crippen LogP contribution in [0.15, 0.2) is 30.3 Å². The van der Waals surface area contributed by atoms with Crippen LogP contribution in [0.4, 0.5) is 0 Å². The van der Waals surface area contributed by atoms with Crippen molar-refractivity contribution < 1.29 is 9.59 Å². The Morgan fingerprint density at radius 1 is 1.17 bits per heavy atom. The van der Waals surface area contributed by atoms with Crippen LogP contribution >= 0.6 is 0 Å². The van der Waals surface area contributed by atoms with E-state index in [4.69, 9.17) is 0 Å². The van der Waals surface area contributed by atoms with E-state index >= 15 is 0 Å². The molecule has 0 unspecified atom stereocenters. The van der Waals surface area contributed by atoms with Crippen molar-refractivity contribution >= 4 is 11.8 Å². The van der Waals surface area contributed by atoms with E-state index in [1.165, 1.54) is 0 Å². The lowest BCUT2D eigenvalue weighted by atomic mass is 9.84. The molecule has 0 radical (unpaired) electrons. The van der Waals surface area contributed by atoms with Gasteiger partial charge in [0, 0.05) is 18.0 Å². The molecule has 1 aliphatic heterocycles. The third-order valence-corrected chi connectivity index (χ3v) is 5.00. The van der Waals surface area contributed by atoms with Gasteiger partial charge in [0.1, 0.15) is 11.7 Å². The summed E-state index contributed by atoms with van der Waals surface area (Å²) in [6.07, 6.45) is -0.268. The Hall–Kier alpha value is -1.84. The standard InChI is InChI=1S/C19H28N2O2/c1-13(2)19(6)17(23)20(7)16(18(3,4)5)21(19)15(22)14-11-9-8-10-12-14/h8-13,16H,1-7H3/t16-,19+/m1/s1. The largest absolute Gasteiger partial charge is 0.323 e. The van der Waals surface area contributed by atoms with Gasteiger partial charge < -0.3 is 9.80 Å². The van der Waals surface area contributed by atoms with Crippen LogP contribution in [0, 0.1) is 11.3 Å². The van der Waals surface area contributed by atoms with Crippen molar-refractivity contribution in [1.29, 1.82) is 0 Å². The zero-order valence-electron chi connectivity index (χ0n) is 15.3. The second-order valence-electron chi connectivity index (χ2n) is 8.00. The summed E-state index contributed by atoms with van der Waals surface area (Å²) in [6, 6.07) is 9.22. The van der Waals surface area contributed by atoms with Crippen molar-refractivity contribution in [3.8, 4) is 0 Å². The zero-order valence-corrected chi connectivity index (χ0v) is 15.3. The van der Waals surface area contributed by atoms with Crippen molar-refractivity contribution in [3.63, 3.8) is 0 Å². The summed E-state index contributed by atoms with van der Waals surface area (Å²) < 4.78 is 0. The Morgan fingerprint density at radius 3 is 2.13 bits per heavy atom. The van der Waals surface area contributed by atoms with E-state index in [2.05, 4.69) is 20.8 Å². The quantitative estimate of drug-likeness (QED) is 0.839. The fourth-order valence-corrected chi connectivity index (χ4v) is 3.53. The van der Waals surface area contributed by atoms with E-state index in [1.54, 1.807) is 16.8 Å². The molecule has 1 heterocycles. The average Bonchev–Trinajstić information content (AvgIpc) is 2.69. The van der Waals surface area contributed by atoms with Crippen LogP contribution in [0.2, 0.25) is 0 Å². The van der Waals surface area contributed by atoms with Crippen LogP contribution in [0.3, 0.4) is 0 Å². The maximum atomic E-state index is 13.3. The molecule has 4 heteroatoms. The lowest BCUT2D eigenvalue weighted by Gasteiger charge is -2.43. The highest BCUT2D eigenvalue weighted by Gasteiger charge is 2.59. The first kappa shape index (κ1) is 17.5. The van der Waals surface area contributed by atoms with Gasteiger partial charge in [0.2, 0.25) is 5.91 Å². The first-order valence-corrected chi connectivity index (χ1v) is 8.19. The molecule has 2 amide bonds. The molecule has 0 bridgehead atoms. The summed E-state index contributed by atoms with van der Waals surface area (Å²) in [5.41, 5.74) is -0.446. The molecule has 1 aromatic carbocycles. The Morgan fingerprint density at radius 2 is 1.70 bits per heavy atom. The molecule has 4 nitrogen and oxygen atoms in total. The van der Waals surface area contributed by atoms with E-state index in [9.17, 15) is 9.59 Å². The molecule has 1 aromatic rings. The van der Waals surface area contributed by atoms with Gasteiger partial charge in [-0.15, -0.1) is 0 Å². The van der Waals surface area contributed by atoms with Gasteiger partial charge in [-0.25, -0.2) is 0 Å². The molecule has 1 saturated heterocycles. The molecule has 0 aromatic heterocycles. The SMILES string of the molecule is CC(C)[C@@]1(C)C(=O)N(C)[C@@H](C(C)(C)C)N1C(=O)c1ccccc1. The molecule has 1 fully saturated rings. The predicted octanol–water partition coefficient (Wildman–Crippen LogP) is 3.39. The molecule has 2 atom stereocenters. The summed E-state index contributed by atoms with van der Waals surface area (Å²) >= 11 is 0. The number of carbonyl (C=O) groups excluding carboxylic acids is 2. The van der Waals surface area contributed by atoms with Crippen LogP contribution < -0.4 is 0 Å². The van der Waals surface area contributed by atoms with Gasteiger partial charge in [-0.2, -0.15) is 0 Å². The Kier molecular flexibility index (Phi) is 4.31. The Labute approximate surface area is 139 Å². The molecular formula is C19H28N2O2. The lowest BCUT2D eigenvalue weighted by molar-refractivity contribution is -0.134. The third kappa shape index (κ3) is 2.64. The van der Waals surface area contributed by atoms with Crippen molar-refractivity contribution in [3.05, 3.63) is 35.9 Å². The number of benzene rings is 1. The number of rotatable bonds is 2. The van der Waals surface area contributed by atoms with Crippen LogP contribution in [-0.4, -0.2) is 40.4 Å². The van der Waals surface area contributed by atoms with Gasteiger partial charge in [-0.05, 0) is 25.0 Å². The van der Waals surface area contributed by atoms with E-state index < -0.39 is 5.54 Å². The normalized spacial score (nSPS) is 25.4. The lowest BCUT2D eigenvalue weighted by Crippen LogP contribution is -2.57. The number of nitrogens with zero attached hydrogens (tertiary/aromatic N) is 2. The summed E-state index contributed by atoms with van der Waals surface area (Å²) in [7, 11) is 1.80. The minimum absolute atomic E-state index is 0.0108. The molecule has 1 aliphatic rings. The van der Waals surface area contributed by atoms with E-state index in [1.807, 2.05) is 51.1 Å². The average molecular weight is 316 g/mol. The maximum absolute atomic E-state index is 13.3. The second kappa shape index (κ2) is 5.66. The molecule has 0 aliphatic carbocycles. The molecule has 0 saturated carbocycles. The van der Waals surface area contributed by atoms with Crippen LogP contribution in [0.25, 0.3) is 0 Å². The molecule has 23 heavy (non-hydrogen) atoms. The van der Waals surface area contributed by atoms with E-state index in [0.717, 1.165) is 0 Å². The molecule has 0 N–H and O–H groups in total. The maximum Gasteiger partial charge on any atom is 0.256 e. The molecule has 2 rings (SSSR count). The molecule has 0 spiro atoms. The number of likely N-dealkylation sites (N-methyl/N-ethyl adjacent to an activating group) is 1. The first-order chi connectivity index (χ1) is 10.5. The number of amides is 2. The van der Waals surface area contributed by atoms with Gasteiger partial charge in [0.25, 0.3) is 5.91 Å². The summed E-state index contributed by atoms with van der Waals surface area (Å²) in [5.74, 6) is -0.0476. The Bertz CT molecular complexity index is 604. The minimum atomic E-state index is -0.834. The molecular weight excluding hydrogens is 288 g/mol. The second-order valence-corrected chi connectivity index (χ2v) is 8.00. The highest BCUT2D eigenvalue weighted by atomic mass is 16.2. The van der Waals surface area contributed by atoms with E-state index in [0.29, 0.717) is 5.56 Å². The monoisotopic (exact) mass is 316 g/mol. The molecule has 126 valence electrons. The Balaban J connectivity index is 2.61. The highest BCUT2D eigenvalue weighted by molar-refractivity contribution is 6.01.